The van der Waals surface area contributed by atoms with Gasteiger partial charge < -0.3 is 15.0 Å². The molecule has 0 aliphatic carbocycles. The van der Waals surface area contributed by atoms with Crippen LogP contribution in [0.25, 0.3) is 0 Å². The summed E-state index contributed by atoms with van der Waals surface area (Å²) in [7, 11) is -4.14. The second-order valence-corrected chi connectivity index (χ2v) is 15.6. The second kappa shape index (κ2) is 28.7. The summed E-state index contributed by atoms with van der Waals surface area (Å²) in [6.45, 7) is 6.77. The molecule has 6 heteroatoms. The van der Waals surface area contributed by atoms with E-state index in [1.54, 1.807) is 0 Å². The van der Waals surface area contributed by atoms with E-state index in [0.717, 1.165) is 55.2 Å². The number of hydrogen-bond donors (Lipinski definition) is 0. The molecule has 0 saturated heterocycles. The van der Waals surface area contributed by atoms with E-state index in [1.807, 2.05) is 54.6 Å². The summed E-state index contributed by atoms with van der Waals surface area (Å²) in [6.07, 6.45) is 28.7. The number of para-hydroxylation sites is 3. The number of phosphoric ester groups is 1. The number of benzene rings is 3. The summed E-state index contributed by atoms with van der Waals surface area (Å²) >= 11 is 0. The Kier molecular flexibility index (Phi) is 25.6. The average Bonchev–Trinajstić information content (AvgIpc) is 3.12. The Morgan fingerprint density at radius 3 is 0.902 bits per heavy atom. The van der Waals surface area contributed by atoms with Crippen LogP contribution in [-0.2, 0) is 23.8 Å². The molecule has 0 amide bonds. The summed E-state index contributed by atoms with van der Waals surface area (Å²) in [4.78, 5) is 0. The third-order valence-electron chi connectivity index (χ3n) is 9.70. The first-order valence-corrected chi connectivity index (χ1v) is 22.0. The average molecular weight is 729 g/mol. The molecule has 0 N–H and O–H groups in total. The molecule has 51 heavy (non-hydrogen) atoms. The fraction of sp³-hybridized carbons (Fsp3) is 0.600. The van der Waals surface area contributed by atoms with Crippen LogP contribution in [0.3, 0.4) is 0 Å². The normalized spacial score (nSPS) is 11.3. The van der Waals surface area contributed by atoms with Crippen molar-refractivity contribution in [2.24, 2.45) is 0 Å². The van der Waals surface area contributed by atoms with Gasteiger partial charge in [0, 0.05) is 0 Å². The second-order valence-electron chi connectivity index (χ2n) is 14.2. The van der Waals surface area contributed by atoms with Gasteiger partial charge >= 0.3 is 37.4 Å². The molecule has 0 saturated carbocycles. The van der Waals surface area contributed by atoms with E-state index in [9.17, 15) is 4.57 Å². The SMILES string of the molecule is CCCCCCCCCc1ccccc1OP(=O)(Oc1ccccc1CCCCCCCCC)Oc1ccccc1CCCCCCCCC.[H-].[Na+]. The van der Waals surface area contributed by atoms with Crippen molar-refractivity contribution in [3.63, 3.8) is 0 Å². The van der Waals surface area contributed by atoms with Crippen molar-refractivity contribution in [3.8, 4) is 17.2 Å². The maximum absolute atomic E-state index is 14.9. The van der Waals surface area contributed by atoms with E-state index >= 15 is 0 Å². The molecule has 280 valence electrons. The van der Waals surface area contributed by atoms with Crippen LogP contribution in [0, 0.1) is 0 Å². The monoisotopic (exact) mass is 728 g/mol. The van der Waals surface area contributed by atoms with Gasteiger partial charge in [-0.15, -0.1) is 0 Å². The minimum Gasteiger partial charge on any atom is -1.00 e. The van der Waals surface area contributed by atoms with Gasteiger partial charge in [0.05, 0.1) is 0 Å². The molecule has 3 aromatic carbocycles. The molecule has 0 spiro atoms. The summed E-state index contributed by atoms with van der Waals surface area (Å²) in [5.74, 6) is 1.74. The van der Waals surface area contributed by atoms with Crippen molar-refractivity contribution in [2.45, 2.75) is 175 Å². The number of rotatable bonds is 30. The summed E-state index contributed by atoms with van der Waals surface area (Å²) in [5, 5.41) is 0. The van der Waals surface area contributed by atoms with E-state index in [4.69, 9.17) is 13.6 Å². The van der Waals surface area contributed by atoms with Gasteiger partial charge in [-0.3, -0.25) is 0 Å². The maximum Gasteiger partial charge on any atom is 1.00 e. The fourth-order valence-corrected chi connectivity index (χ4v) is 8.00. The first-order chi connectivity index (χ1) is 24.6. The summed E-state index contributed by atoms with van der Waals surface area (Å²) in [6, 6.07) is 23.9. The van der Waals surface area contributed by atoms with Crippen LogP contribution in [0.4, 0.5) is 0 Å². The van der Waals surface area contributed by atoms with Gasteiger partial charge in [-0.2, -0.15) is 4.57 Å². The molecule has 0 bridgehead atoms. The molecule has 4 nitrogen and oxygen atoms in total. The van der Waals surface area contributed by atoms with Crippen molar-refractivity contribution in [2.75, 3.05) is 0 Å². The van der Waals surface area contributed by atoms with Gasteiger partial charge in [-0.05, 0) is 73.4 Å². The minimum atomic E-state index is -4.14. The Morgan fingerprint density at radius 1 is 0.392 bits per heavy atom. The quantitative estimate of drug-likeness (QED) is 0.0389. The van der Waals surface area contributed by atoms with Gasteiger partial charge in [0.2, 0.25) is 0 Å². The molecule has 3 rings (SSSR count). The van der Waals surface area contributed by atoms with Crippen LogP contribution >= 0.6 is 7.82 Å². The number of hydrogen-bond acceptors (Lipinski definition) is 4. The van der Waals surface area contributed by atoms with Gasteiger partial charge in [0.1, 0.15) is 17.2 Å². The van der Waals surface area contributed by atoms with E-state index in [2.05, 4.69) is 39.0 Å². The zero-order valence-electron chi connectivity index (χ0n) is 34.0. The Labute approximate surface area is 336 Å². The van der Waals surface area contributed by atoms with Crippen molar-refractivity contribution in [3.05, 3.63) is 89.5 Å². The molecular formula is C45H70NaO4P. The minimum absolute atomic E-state index is 0. The molecule has 0 aliphatic heterocycles. The van der Waals surface area contributed by atoms with E-state index in [1.165, 1.54) is 116 Å². The van der Waals surface area contributed by atoms with Gasteiger partial charge in [0.25, 0.3) is 0 Å². The number of aryl methyl sites for hydroxylation is 3. The molecule has 0 radical (unpaired) electrons. The van der Waals surface area contributed by atoms with Crippen LogP contribution in [0.1, 0.15) is 174 Å². The molecule has 0 unspecified atom stereocenters. The smallest absolute Gasteiger partial charge is 1.00 e. The topological polar surface area (TPSA) is 44.8 Å². The van der Waals surface area contributed by atoms with Gasteiger partial charge in [0.15, 0.2) is 0 Å². The van der Waals surface area contributed by atoms with Crippen LogP contribution in [0.5, 0.6) is 17.2 Å². The van der Waals surface area contributed by atoms with Crippen molar-refractivity contribution in [1.82, 2.24) is 0 Å². The van der Waals surface area contributed by atoms with Crippen LogP contribution < -0.4 is 43.1 Å². The predicted octanol–water partition coefficient (Wildman–Crippen LogP) is 12.3. The van der Waals surface area contributed by atoms with Crippen LogP contribution in [0.15, 0.2) is 72.8 Å². The third-order valence-corrected chi connectivity index (χ3v) is 11.0. The molecule has 0 atom stereocenters. The number of unbranched alkanes of at least 4 members (excludes halogenated alkanes) is 18. The summed E-state index contributed by atoms with van der Waals surface area (Å²) < 4.78 is 34.2. The Morgan fingerprint density at radius 2 is 0.627 bits per heavy atom. The van der Waals surface area contributed by atoms with Crippen molar-refractivity contribution >= 4 is 7.82 Å². The van der Waals surface area contributed by atoms with Crippen molar-refractivity contribution < 1.29 is 49.1 Å². The molecule has 0 heterocycles. The summed E-state index contributed by atoms with van der Waals surface area (Å²) in [5.41, 5.74) is 3.13. The standard InChI is InChI=1S/C45H69O4P.Na.H/c1-4-7-10-13-16-19-22-31-40-34-25-28-37-43(40)47-50(46,48-44-38-29-26-35-41(44)32-23-20-17-14-11-8-5-2)49-45-39-30-27-36-42(45)33-24-21-18-15-12-9-6-3;;/h25-30,34-39H,4-24,31-33H2,1-3H3;;/q;+1;-1. The first-order valence-electron chi connectivity index (χ1n) is 20.5. The third kappa shape index (κ3) is 19.3. The predicted molar refractivity (Wildman–Crippen MR) is 215 cm³/mol. The molecule has 0 fully saturated rings. The van der Waals surface area contributed by atoms with E-state index < -0.39 is 7.82 Å². The molecule has 3 aromatic rings. The van der Waals surface area contributed by atoms with Crippen LogP contribution in [-0.4, -0.2) is 0 Å². The Balaban J connectivity index is 0.00000676. The molecule has 0 aliphatic rings. The van der Waals surface area contributed by atoms with Crippen LogP contribution in [0.2, 0.25) is 0 Å². The van der Waals surface area contributed by atoms with Gasteiger partial charge in [-0.25, -0.2) is 0 Å². The zero-order valence-corrected chi connectivity index (χ0v) is 35.9. The number of phosphoric acid groups is 1. The first kappa shape index (κ1) is 45.4. The maximum atomic E-state index is 14.9. The molecular weight excluding hydrogens is 658 g/mol. The fourth-order valence-electron chi connectivity index (χ4n) is 6.63. The van der Waals surface area contributed by atoms with E-state index in [-0.39, 0.29) is 31.0 Å². The molecule has 0 aromatic heterocycles. The zero-order chi connectivity index (χ0) is 35.5. The Bertz CT molecular complexity index is 1190. The van der Waals surface area contributed by atoms with E-state index in [0.29, 0.717) is 17.2 Å². The van der Waals surface area contributed by atoms with Gasteiger partial charge in [-0.1, -0.05) is 191 Å². The van der Waals surface area contributed by atoms with Crippen molar-refractivity contribution in [1.29, 1.82) is 0 Å². The Hall–Kier alpha value is -1.71. The largest absolute Gasteiger partial charge is 1.00 e.